The molecular formula is C16H15F3N2O2. The number of aryl methyl sites for hydroxylation is 1. The minimum Gasteiger partial charge on any atom is -0.367 e. The number of anilines is 1. The Balaban J connectivity index is 1.94. The Kier molecular flexibility index (Phi) is 5.33. The van der Waals surface area contributed by atoms with Crippen molar-refractivity contribution in [1.82, 2.24) is 4.98 Å². The molecule has 0 fully saturated rings. The van der Waals surface area contributed by atoms with Crippen molar-refractivity contribution in [1.29, 1.82) is 0 Å². The molecule has 4 nitrogen and oxygen atoms in total. The maximum atomic E-state index is 12.1. The molecule has 1 aromatic heterocycles. The standard InChI is InChI=1S/C16H15F3N2O2/c1-11-3-2-8-20-14(11)21-15(22)13-6-4-12(5-7-13)9-23-10-16(17,18)19/h2-8H,9-10H2,1H3,(H,20,21,22). The molecule has 122 valence electrons. The Morgan fingerprint density at radius 1 is 1.22 bits per heavy atom. The van der Waals surface area contributed by atoms with E-state index in [2.05, 4.69) is 15.0 Å². The van der Waals surface area contributed by atoms with Crippen LogP contribution in [0.5, 0.6) is 0 Å². The molecule has 0 radical (unpaired) electrons. The Morgan fingerprint density at radius 2 is 1.91 bits per heavy atom. The molecule has 0 saturated carbocycles. The minimum absolute atomic E-state index is 0.166. The summed E-state index contributed by atoms with van der Waals surface area (Å²) in [6, 6.07) is 9.75. The van der Waals surface area contributed by atoms with Crippen molar-refractivity contribution >= 4 is 11.7 Å². The monoisotopic (exact) mass is 324 g/mol. The molecule has 0 aliphatic heterocycles. The van der Waals surface area contributed by atoms with Gasteiger partial charge < -0.3 is 10.1 Å². The summed E-state index contributed by atoms with van der Waals surface area (Å²) in [5.41, 5.74) is 1.77. The topological polar surface area (TPSA) is 51.2 Å². The number of carbonyl (C=O) groups excluding carboxylic acids is 1. The van der Waals surface area contributed by atoms with E-state index >= 15 is 0 Å². The van der Waals surface area contributed by atoms with Crippen molar-refractivity contribution in [3.63, 3.8) is 0 Å². The zero-order chi connectivity index (χ0) is 16.9. The van der Waals surface area contributed by atoms with Crippen LogP contribution in [0.4, 0.5) is 19.0 Å². The van der Waals surface area contributed by atoms with E-state index in [4.69, 9.17) is 0 Å². The van der Waals surface area contributed by atoms with Gasteiger partial charge in [0.05, 0.1) is 6.61 Å². The van der Waals surface area contributed by atoms with Gasteiger partial charge in [-0.25, -0.2) is 4.98 Å². The number of benzene rings is 1. The number of nitrogens with one attached hydrogen (secondary N) is 1. The van der Waals surface area contributed by atoms with E-state index in [0.29, 0.717) is 16.9 Å². The number of aromatic nitrogens is 1. The first-order valence-electron chi connectivity index (χ1n) is 6.81. The van der Waals surface area contributed by atoms with Crippen LogP contribution in [0.3, 0.4) is 0 Å². The fourth-order valence-corrected chi connectivity index (χ4v) is 1.83. The number of rotatable bonds is 5. The van der Waals surface area contributed by atoms with Crippen LogP contribution >= 0.6 is 0 Å². The first kappa shape index (κ1) is 17.0. The minimum atomic E-state index is -4.35. The van der Waals surface area contributed by atoms with E-state index in [1.165, 1.54) is 12.1 Å². The van der Waals surface area contributed by atoms with Gasteiger partial charge in [-0.3, -0.25) is 4.79 Å². The number of amides is 1. The van der Waals surface area contributed by atoms with Gasteiger partial charge in [-0.05, 0) is 36.2 Å². The van der Waals surface area contributed by atoms with Gasteiger partial charge in [0.25, 0.3) is 5.91 Å². The van der Waals surface area contributed by atoms with E-state index in [-0.39, 0.29) is 12.5 Å². The predicted octanol–water partition coefficient (Wildman–Crippen LogP) is 3.72. The molecule has 1 N–H and O–H groups in total. The van der Waals surface area contributed by atoms with Gasteiger partial charge in [-0.2, -0.15) is 13.2 Å². The van der Waals surface area contributed by atoms with E-state index in [9.17, 15) is 18.0 Å². The highest BCUT2D eigenvalue weighted by molar-refractivity contribution is 6.04. The third-order valence-corrected chi connectivity index (χ3v) is 2.99. The summed E-state index contributed by atoms with van der Waals surface area (Å²) >= 11 is 0. The van der Waals surface area contributed by atoms with Crippen LogP contribution in [0.25, 0.3) is 0 Å². The number of hydrogen-bond acceptors (Lipinski definition) is 3. The molecule has 7 heteroatoms. The SMILES string of the molecule is Cc1cccnc1NC(=O)c1ccc(COCC(F)(F)F)cc1. The zero-order valence-electron chi connectivity index (χ0n) is 12.4. The largest absolute Gasteiger partial charge is 0.411 e. The van der Waals surface area contributed by atoms with Gasteiger partial charge >= 0.3 is 6.18 Å². The fourth-order valence-electron chi connectivity index (χ4n) is 1.83. The fraction of sp³-hybridized carbons (Fsp3) is 0.250. The van der Waals surface area contributed by atoms with Crippen LogP contribution in [0.2, 0.25) is 0 Å². The molecule has 0 aliphatic carbocycles. The van der Waals surface area contributed by atoms with Crippen LogP contribution in [-0.2, 0) is 11.3 Å². The maximum Gasteiger partial charge on any atom is 0.411 e. The molecule has 23 heavy (non-hydrogen) atoms. The molecule has 0 saturated heterocycles. The number of nitrogens with zero attached hydrogens (tertiary/aromatic N) is 1. The average molecular weight is 324 g/mol. The highest BCUT2D eigenvalue weighted by Gasteiger charge is 2.27. The summed E-state index contributed by atoms with van der Waals surface area (Å²) in [6.45, 7) is 0.360. The van der Waals surface area contributed by atoms with Gasteiger partial charge in [-0.15, -0.1) is 0 Å². The van der Waals surface area contributed by atoms with Gasteiger partial charge in [0.2, 0.25) is 0 Å². The first-order valence-corrected chi connectivity index (χ1v) is 6.81. The first-order chi connectivity index (χ1) is 10.8. The molecule has 0 atom stereocenters. The summed E-state index contributed by atoms with van der Waals surface area (Å²) in [6.07, 6.45) is -2.77. The lowest BCUT2D eigenvalue weighted by Gasteiger charge is -2.09. The number of halogens is 3. The maximum absolute atomic E-state index is 12.1. The lowest BCUT2D eigenvalue weighted by atomic mass is 10.1. The van der Waals surface area contributed by atoms with E-state index in [0.717, 1.165) is 5.56 Å². The Hall–Kier alpha value is -2.41. The lowest BCUT2D eigenvalue weighted by molar-refractivity contribution is -0.176. The molecule has 2 aromatic rings. The van der Waals surface area contributed by atoms with E-state index in [1.54, 1.807) is 24.4 Å². The van der Waals surface area contributed by atoms with Crippen molar-refractivity contribution < 1.29 is 22.7 Å². The molecule has 0 bridgehead atoms. The normalized spacial score (nSPS) is 11.3. The van der Waals surface area contributed by atoms with Gasteiger partial charge in [0.1, 0.15) is 12.4 Å². The van der Waals surface area contributed by atoms with E-state index < -0.39 is 12.8 Å². The summed E-state index contributed by atoms with van der Waals surface area (Å²) in [5.74, 6) is 0.129. The summed E-state index contributed by atoms with van der Waals surface area (Å²) in [7, 11) is 0. The van der Waals surface area contributed by atoms with Gasteiger partial charge in [-0.1, -0.05) is 18.2 Å². The Morgan fingerprint density at radius 3 is 2.52 bits per heavy atom. The second-order valence-electron chi connectivity index (χ2n) is 4.93. The molecule has 0 aliphatic rings. The van der Waals surface area contributed by atoms with Crippen molar-refractivity contribution in [2.24, 2.45) is 0 Å². The molecule has 1 heterocycles. The van der Waals surface area contributed by atoms with Crippen molar-refractivity contribution in [2.45, 2.75) is 19.7 Å². The van der Waals surface area contributed by atoms with Crippen LogP contribution in [-0.4, -0.2) is 23.7 Å². The lowest BCUT2D eigenvalue weighted by Crippen LogP contribution is -2.17. The molecule has 0 unspecified atom stereocenters. The van der Waals surface area contributed by atoms with E-state index in [1.807, 2.05) is 13.0 Å². The number of hydrogen-bond donors (Lipinski definition) is 1. The number of carbonyl (C=O) groups is 1. The van der Waals surface area contributed by atoms with Gasteiger partial charge in [0, 0.05) is 11.8 Å². The zero-order valence-corrected chi connectivity index (χ0v) is 12.4. The van der Waals surface area contributed by atoms with Crippen LogP contribution in [0.1, 0.15) is 21.5 Å². The number of alkyl halides is 3. The number of ether oxygens (including phenoxy) is 1. The van der Waals surface area contributed by atoms with Crippen LogP contribution in [0, 0.1) is 6.92 Å². The molecular weight excluding hydrogens is 309 g/mol. The Bertz CT molecular complexity index is 670. The second kappa shape index (κ2) is 7.23. The Labute approximate surface area is 131 Å². The second-order valence-corrected chi connectivity index (χ2v) is 4.93. The van der Waals surface area contributed by atoms with Crippen LogP contribution < -0.4 is 5.32 Å². The van der Waals surface area contributed by atoms with Gasteiger partial charge in [0.15, 0.2) is 0 Å². The third-order valence-electron chi connectivity index (χ3n) is 2.99. The predicted molar refractivity (Wildman–Crippen MR) is 79.1 cm³/mol. The summed E-state index contributed by atoms with van der Waals surface area (Å²) in [4.78, 5) is 16.2. The summed E-state index contributed by atoms with van der Waals surface area (Å²) in [5, 5.41) is 2.68. The smallest absolute Gasteiger partial charge is 0.367 e. The van der Waals surface area contributed by atoms with Crippen molar-refractivity contribution in [3.05, 3.63) is 59.3 Å². The molecule has 0 spiro atoms. The molecule has 2 rings (SSSR count). The van der Waals surface area contributed by atoms with Crippen LogP contribution in [0.15, 0.2) is 42.6 Å². The van der Waals surface area contributed by atoms with Crippen molar-refractivity contribution in [3.8, 4) is 0 Å². The molecule has 1 amide bonds. The third kappa shape index (κ3) is 5.37. The average Bonchev–Trinajstić information content (AvgIpc) is 2.49. The summed E-state index contributed by atoms with van der Waals surface area (Å²) < 4.78 is 40.5. The molecule has 1 aromatic carbocycles. The van der Waals surface area contributed by atoms with Crippen molar-refractivity contribution in [2.75, 3.05) is 11.9 Å². The quantitative estimate of drug-likeness (QED) is 0.912. The highest BCUT2D eigenvalue weighted by atomic mass is 19.4. The number of pyridine rings is 1. The highest BCUT2D eigenvalue weighted by Crippen LogP contribution is 2.16.